The van der Waals surface area contributed by atoms with E-state index >= 15 is 0 Å². The molecule has 1 unspecified atom stereocenters. The molecule has 0 bridgehead atoms. The Morgan fingerprint density at radius 1 is 1.21 bits per heavy atom. The fraction of sp³-hybridized carbons (Fsp3) is 0.391. The number of nitrogens with one attached hydrogen (secondary N) is 1. The largest absolute Gasteiger partial charge is 0.478 e. The minimum Gasteiger partial charge on any atom is -0.478 e. The van der Waals surface area contributed by atoms with Crippen molar-refractivity contribution in [3.8, 4) is 5.75 Å². The Bertz CT molecular complexity index is 914. The maximum Gasteiger partial charge on any atom is 0.347 e. The summed E-state index contributed by atoms with van der Waals surface area (Å²) in [5.41, 5.74) is 1.63. The summed E-state index contributed by atoms with van der Waals surface area (Å²) >= 11 is 0. The molecule has 1 heterocycles. The Labute approximate surface area is 170 Å². The van der Waals surface area contributed by atoms with Crippen molar-refractivity contribution in [2.45, 2.75) is 45.8 Å². The van der Waals surface area contributed by atoms with E-state index in [9.17, 15) is 4.79 Å². The van der Waals surface area contributed by atoms with Crippen molar-refractivity contribution in [2.24, 2.45) is 5.92 Å². The van der Waals surface area contributed by atoms with Crippen molar-refractivity contribution in [2.75, 3.05) is 6.54 Å². The van der Waals surface area contributed by atoms with Crippen LogP contribution in [0, 0.1) is 5.92 Å². The molecule has 6 heteroatoms. The van der Waals surface area contributed by atoms with E-state index in [1.807, 2.05) is 36.4 Å². The van der Waals surface area contributed by atoms with Gasteiger partial charge in [-0.15, -0.1) is 0 Å². The normalized spacial score (nSPS) is 12.8. The fourth-order valence-electron chi connectivity index (χ4n) is 3.00. The molecule has 0 saturated carbocycles. The summed E-state index contributed by atoms with van der Waals surface area (Å²) in [5, 5.41) is 12.6. The average molecular weight is 396 g/mol. The third-order valence-corrected chi connectivity index (χ3v) is 4.82. The molecule has 6 nitrogen and oxygen atoms in total. The summed E-state index contributed by atoms with van der Waals surface area (Å²) in [6.45, 7) is 6.91. The summed E-state index contributed by atoms with van der Waals surface area (Å²) in [6, 6.07) is 15.3. The zero-order valence-electron chi connectivity index (χ0n) is 17.1. The third kappa shape index (κ3) is 5.81. The quantitative estimate of drug-likeness (QED) is 0.493. The number of ether oxygens (including phenoxy) is 1. The van der Waals surface area contributed by atoms with Gasteiger partial charge < -0.3 is 19.6 Å². The van der Waals surface area contributed by atoms with Crippen LogP contribution >= 0.6 is 0 Å². The van der Waals surface area contributed by atoms with Crippen LogP contribution in [0.4, 0.5) is 0 Å². The van der Waals surface area contributed by atoms with Gasteiger partial charge in [0, 0.05) is 13.0 Å². The first-order valence-electron chi connectivity index (χ1n) is 9.90. The lowest BCUT2D eigenvalue weighted by Crippen LogP contribution is -2.37. The first-order chi connectivity index (χ1) is 13.8. The van der Waals surface area contributed by atoms with Crippen LogP contribution in [-0.2, 0) is 17.8 Å². The zero-order chi connectivity index (χ0) is 20.9. The second kappa shape index (κ2) is 9.09. The molecule has 0 fully saturated rings. The Kier molecular flexibility index (Phi) is 6.54. The molecule has 0 aliphatic heterocycles. The number of carboxylic acid groups (broad SMARTS) is 1. The van der Waals surface area contributed by atoms with Crippen LogP contribution in [0.5, 0.6) is 5.75 Å². The van der Waals surface area contributed by atoms with E-state index in [0.717, 1.165) is 48.5 Å². The summed E-state index contributed by atoms with van der Waals surface area (Å²) in [6.07, 6.45) is 1.84. The summed E-state index contributed by atoms with van der Waals surface area (Å²) < 4.78 is 11.3. The van der Waals surface area contributed by atoms with E-state index < -0.39 is 11.6 Å². The maximum absolute atomic E-state index is 11.1. The van der Waals surface area contributed by atoms with E-state index in [2.05, 4.69) is 17.2 Å². The number of rotatable bonds is 10. The number of carboxylic acids is 1. The highest BCUT2D eigenvalue weighted by Crippen LogP contribution is 2.20. The van der Waals surface area contributed by atoms with Crippen molar-refractivity contribution < 1.29 is 19.1 Å². The molecule has 2 N–H and O–H groups in total. The van der Waals surface area contributed by atoms with Crippen LogP contribution in [0.3, 0.4) is 0 Å². The smallest absolute Gasteiger partial charge is 0.347 e. The number of oxazole rings is 1. The van der Waals surface area contributed by atoms with Crippen LogP contribution < -0.4 is 10.1 Å². The minimum atomic E-state index is -1.25. The molecule has 0 aliphatic rings. The Balaban J connectivity index is 1.40. The number of fused-ring (bicyclic) bond motifs is 1. The molecule has 2 aromatic carbocycles. The van der Waals surface area contributed by atoms with E-state index in [1.54, 1.807) is 12.1 Å². The van der Waals surface area contributed by atoms with Gasteiger partial charge >= 0.3 is 5.97 Å². The SMILES string of the molecule is CC(CCNCc1ccc(OC(C)(C)C(=O)O)cc1)Cc1nc2ccccc2o1. The van der Waals surface area contributed by atoms with Crippen molar-refractivity contribution in [1.29, 1.82) is 0 Å². The van der Waals surface area contributed by atoms with Gasteiger partial charge in [-0.25, -0.2) is 9.78 Å². The number of aromatic nitrogens is 1. The predicted molar refractivity (Wildman–Crippen MR) is 112 cm³/mol. The van der Waals surface area contributed by atoms with E-state index in [4.69, 9.17) is 14.3 Å². The highest BCUT2D eigenvalue weighted by atomic mass is 16.5. The first-order valence-corrected chi connectivity index (χ1v) is 9.90. The van der Waals surface area contributed by atoms with Gasteiger partial charge in [-0.2, -0.15) is 0 Å². The Morgan fingerprint density at radius 2 is 1.93 bits per heavy atom. The van der Waals surface area contributed by atoms with E-state index in [1.165, 1.54) is 13.8 Å². The van der Waals surface area contributed by atoms with Crippen molar-refractivity contribution in [3.63, 3.8) is 0 Å². The van der Waals surface area contributed by atoms with Gasteiger partial charge in [0.05, 0.1) is 0 Å². The van der Waals surface area contributed by atoms with Gasteiger partial charge in [-0.05, 0) is 62.6 Å². The maximum atomic E-state index is 11.1. The summed E-state index contributed by atoms with van der Waals surface area (Å²) in [4.78, 5) is 15.7. The molecule has 0 amide bonds. The van der Waals surface area contributed by atoms with E-state index in [0.29, 0.717) is 11.7 Å². The summed E-state index contributed by atoms with van der Waals surface area (Å²) in [5.74, 6) is 0.812. The molecule has 1 aromatic heterocycles. The third-order valence-electron chi connectivity index (χ3n) is 4.82. The van der Waals surface area contributed by atoms with Gasteiger partial charge in [0.1, 0.15) is 11.3 Å². The summed E-state index contributed by atoms with van der Waals surface area (Å²) in [7, 11) is 0. The van der Waals surface area contributed by atoms with Crippen molar-refractivity contribution in [1.82, 2.24) is 10.3 Å². The molecule has 1 atom stereocenters. The molecule has 0 radical (unpaired) electrons. The van der Waals surface area contributed by atoms with Crippen LogP contribution in [0.25, 0.3) is 11.1 Å². The van der Waals surface area contributed by atoms with Gasteiger partial charge in [0.2, 0.25) is 0 Å². The fourth-order valence-corrected chi connectivity index (χ4v) is 3.00. The minimum absolute atomic E-state index is 0.463. The number of para-hydroxylation sites is 2. The van der Waals surface area contributed by atoms with Gasteiger partial charge in [0.25, 0.3) is 0 Å². The number of hydrogen-bond acceptors (Lipinski definition) is 5. The highest BCUT2D eigenvalue weighted by Gasteiger charge is 2.29. The lowest BCUT2D eigenvalue weighted by atomic mass is 10.0. The first kappa shape index (κ1) is 20.9. The molecule has 29 heavy (non-hydrogen) atoms. The van der Waals surface area contributed by atoms with Crippen LogP contribution in [0.1, 0.15) is 38.6 Å². The van der Waals surface area contributed by atoms with Gasteiger partial charge in [-0.3, -0.25) is 0 Å². The lowest BCUT2D eigenvalue weighted by Gasteiger charge is -2.21. The van der Waals surface area contributed by atoms with Crippen LogP contribution in [0.15, 0.2) is 52.9 Å². The molecular weight excluding hydrogens is 368 g/mol. The van der Waals surface area contributed by atoms with Crippen molar-refractivity contribution in [3.05, 3.63) is 60.0 Å². The monoisotopic (exact) mass is 396 g/mol. The van der Waals surface area contributed by atoms with Crippen LogP contribution in [0.2, 0.25) is 0 Å². The molecule has 0 aliphatic carbocycles. The Morgan fingerprint density at radius 3 is 2.62 bits per heavy atom. The predicted octanol–water partition coefficient (Wildman–Crippen LogP) is 4.43. The number of hydrogen-bond donors (Lipinski definition) is 2. The van der Waals surface area contributed by atoms with Crippen LogP contribution in [-0.4, -0.2) is 28.2 Å². The zero-order valence-corrected chi connectivity index (χ0v) is 17.1. The highest BCUT2D eigenvalue weighted by molar-refractivity contribution is 5.76. The molecule has 3 aromatic rings. The number of carbonyl (C=O) groups is 1. The molecule has 3 rings (SSSR count). The van der Waals surface area contributed by atoms with Gasteiger partial charge in [0.15, 0.2) is 17.1 Å². The molecule has 154 valence electrons. The van der Waals surface area contributed by atoms with Gasteiger partial charge in [-0.1, -0.05) is 31.2 Å². The lowest BCUT2D eigenvalue weighted by molar-refractivity contribution is -0.152. The molecular formula is C23H28N2O4. The average Bonchev–Trinajstić information content (AvgIpc) is 3.08. The Hall–Kier alpha value is -2.86. The standard InChI is InChI=1S/C23H28N2O4/c1-16(14-21-25-19-6-4-5-7-20(19)28-21)12-13-24-15-17-8-10-18(11-9-17)29-23(2,3)22(26)27/h4-11,16,24H,12-15H2,1-3H3,(H,26,27). The second-order valence-corrected chi connectivity index (χ2v) is 7.91. The van der Waals surface area contributed by atoms with Crippen molar-refractivity contribution >= 4 is 17.1 Å². The number of benzene rings is 2. The topological polar surface area (TPSA) is 84.6 Å². The number of nitrogens with zero attached hydrogens (tertiary/aromatic N) is 1. The van der Waals surface area contributed by atoms with E-state index in [-0.39, 0.29) is 0 Å². The number of aliphatic carboxylic acids is 1. The second-order valence-electron chi connectivity index (χ2n) is 7.91. The molecule has 0 spiro atoms. The molecule has 0 saturated heterocycles.